The summed E-state index contributed by atoms with van der Waals surface area (Å²) in [5, 5.41) is 2.13. The molecular weight excluding hydrogens is 308 g/mol. The van der Waals surface area contributed by atoms with Gasteiger partial charge in [-0.1, -0.05) is 0 Å². The minimum atomic E-state index is -0.905. The van der Waals surface area contributed by atoms with E-state index in [0.29, 0.717) is 0 Å². The first-order valence-electron chi connectivity index (χ1n) is 6.98. The summed E-state index contributed by atoms with van der Waals surface area (Å²) < 4.78 is 9.67. The average Bonchev–Trinajstić information content (AvgIpc) is 2.80. The van der Waals surface area contributed by atoms with Gasteiger partial charge < -0.3 is 9.47 Å². The number of rotatable bonds is 0. The van der Waals surface area contributed by atoms with Gasteiger partial charge in [0, 0.05) is 0 Å². The number of amides is 2. The number of hydrogen-bond acceptors (Lipinski definition) is 6. The molecule has 1 aliphatic heterocycles. The van der Waals surface area contributed by atoms with E-state index in [4.69, 9.17) is 9.47 Å². The molecule has 0 N–H and O–H groups in total. The van der Waals surface area contributed by atoms with Gasteiger partial charge in [0.2, 0.25) is 0 Å². The third kappa shape index (κ3) is 1.61. The molecule has 0 radical (unpaired) electrons. The summed E-state index contributed by atoms with van der Waals surface area (Å²) in [5.74, 6) is 0.0420. The van der Waals surface area contributed by atoms with Crippen LogP contribution in [0.1, 0.15) is 34.6 Å². The van der Waals surface area contributed by atoms with Gasteiger partial charge >= 0.3 is 12.2 Å². The molecule has 1 saturated heterocycles. The minimum absolute atomic E-state index is 0.0420. The molecule has 2 aliphatic rings. The van der Waals surface area contributed by atoms with Crippen LogP contribution in [0.2, 0.25) is 0 Å². The minimum Gasteiger partial charge on any atom is -0.451 e. The third-order valence-corrected chi connectivity index (χ3v) is 6.81. The van der Waals surface area contributed by atoms with Crippen molar-refractivity contribution in [3.8, 4) is 0 Å². The van der Waals surface area contributed by atoms with Crippen LogP contribution in [-0.4, -0.2) is 52.5 Å². The van der Waals surface area contributed by atoms with Crippen LogP contribution in [0.3, 0.4) is 0 Å². The van der Waals surface area contributed by atoms with E-state index in [0.717, 1.165) is 0 Å². The fourth-order valence-corrected chi connectivity index (χ4v) is 5.73. The number of methoxy groups -OCH3 is 2. The standard InChI is InChI=1S/C14H22N2O5S/c1-8-15(10(18)20-6)16(11(19)21-7)14(22-8)12(2,3)9(17)13(14,4)5/h8H,1-7H3. The van der Waals surface area contributed by atoms with Gasteiger partial charge in [0.1, 0.15) is 10.2 Å². The van der Waals surface area contributed by atoms with Crippen molar-refractivity contribution >= 4 is 29.7 Å². The molecule has 1 heterocycles. The van der Waals surface area contributed by atoms with Crippen molar-refractivity contribution in [1.29, 1.82) is 0 Å². The second kappa shape index (κ2) is 4.78. The molecule has 1 aliphatic carbocycles. The zero-order valence-electron chi connectivity index (χ0n) is 13.9. The molecule has 0 bridgehead atoms. The van der Waals surface area contributed by atoms with E-state index in [1.807, 2.05) is 0 Å². The van der Waals surface area contributed by atoms with Crippen LogP contribution in [-0.2, 0) is 14.3 Å². The maximum atomic E-state index is 12.5. The second-order valence-corrected chi connectivity index (χ2v) is 8.05. The number of Topliss-reactive ketones (excluding diaryl/α,β-unsaturated/α-hetero) is 1. The van der Waals surface area contributed by atoms with E-state index >= 15 is 0 Å². The van der Waals surface area contributed by atoms with Crippen LogP contribution in [0.25, 0.3) is 0 Å². The maximum Gasteiger partial charge on any atom is 0.430 e. The quantitative estimate of drug-likeness (QED) is 0.679. The Balaban J connectivity index is 2.63. The fourth-order valence-electron chi connectivity index (χ4n) is 3.92. The van der Waals surface area contributed by atoms with Gasteiger partial charge in [-0.15, -0.1) is 11.8 Å². The monoisotopic (exact) mass is 330 g/mol. The highest BCUT2D eigenvalue weighted by Gasteiger charge is 2.81. The predicted molar refractivity (Wildman–Crippen MR) is 80.8 cm³/mol. The Morgan fingerprint density at radius 3 is 1.91 bits per heavy atom. The van der Waals surface area contributed by atoms with E-state index in [1.165, 1.54) is 36.0 Å². The summed E-state index contributed by atoms with van der Waals surface area (Å²) in [6, 6.07) is 0. The summed E-state index contributed by atoms with van der Waals surface area (Å²) in [4.78, 5) is 36.2. The molecule has 1 atom stereocenters. The Kier molecular flexibility index (Phi) is 3.67. The van der Waals surface area contributed by atoms with E-state index < -0.39 is 27.9 Å². The lowest BCUT2D eigenvalue weighted by molar-refractivity contribution is -0.189. The number of nitrogens with zero attached hydrogens (tertiary/aromatic N) is 2. The van der Waals surface area contributed by atoms with Crippen molar-refractivity contribution in [1.82, 2.24) is 10.0 Å². The van der Waals surface area contributed by atoms with Crippen LogP contribution < -0.4 is 0 Å². The SMILES string of the molecule is COC(=O)N1C(C)SC2(N1C(=O)OC)C(C)(C)C(=O)C2(C)C. The van der Waals surface area contributed by atoms with Gasteiger partial charge in [0.05, 0.1) is 25.0 Å². The molecule has 8 heteroatoms. The Labute approximate surface area is 134 Å². The smallest absolute Gasteiger partial charge is 0.430 e. The van der Waals surface area contributed by atoms with Crippen molar-refractivity contribution in [3.63, 3.8) is 0 Å². The number of ether oxygens (including phenoxy) is 2. The van der Waals surface area contributed by atoms with Crippen molar-refractivity contribution in [2.45, 2.75) is 44.9 Å². The normalized spacial score (nSPS) is 27.6. The van der Waals surface area contributed by atoms with Gasteiger partial charge in [-0.25, -0.2) is 9.59 Å². The van der Waals surface area contributed by atoms with E-state index in [-0.39, 0.29) is 11.2 Å². The number of ketones is 1. The first kappa shape index (κ1) is 16.9. The summed E-state index contributed by atoms with van der Waals surface area (Å²) in [6.07, 6.45) is -1.34. The molecule has 0 aromatic carbocycles. The van der Waals surface area contributed by atoms with Gasteiger partial charge in [-0.05, 0) is 34.6 Å². The molecule has 0 aromatic heterocycles. The first-order chi connectivity index (χ1) is 10.0. The highest BCUT2D eigenvalue weighted by Crippen LogP contribution is 2.70. The summed E-state index contributed by atoms with van der Waals surface area (Å²) >= 11 is 1.41. The molecule has 2 fully saturated rings. The van der Waals surface area contributed by atoms with Gasteiger partial charge in [-0.2, -0.15) is 10.0 Å². The van der Waals surface area contributed by atoms with Crippen molar-refractivity contribution in [2.75, 3.05) is 14.2 Å². The topological polar surface area (TPSA) is 76.2 Å². The average molecular weight is 330 g/mol. The second-order valence-electron chi connectivity index (χ2n) is 6.54. The molecule has 1 unspecified atom stereocenters. The van der Waals surface area contributed by atoms with Crippen LogP contribution in [0, 0.1) is 10.8 Å². The molecule has 2 rings (SSSR count). The summed E-state index contributed by atoms with van der Waals surface area (Å²) in [6.45, 7) is 8.95. The lowest BCUT2D eigenvalue weighted by Gasteiger charge is -2.64. The number of hydrogen-bond donors (Lipinski definition) is 0. The molecule has 124 valence electrons. The number of carbonyl (C=O) groups excluding carboxylic acids is 3. The first-order valence-corrected chi connectivity index (χ1v) is 7.86. The Morgan fingerprint density at radius 2 is 1.50 bits per heavy atom. The largest absolute Gasteiger partial charge is 0.451 e. The zero-order chi connectivity index (χ0) is 17.1. The zero-order valence-corrected chi connectivity index (χ0v) is 14.7. The molecule has 22 heavy (non-hydrogen) atoms. The number of hydrazine groups is 1. The van der Waals surface area contributed by atoms with Gasteiger partial charge in [0.15, 0.2) is 5.78 Å². The molecule has 2 amide bonds. The molecule has 0 aromatic rings. The van der Waals surface area contributed by atoms with Crippen LogP contribution in [0.15, 0.2) is 0 Å². The highest BCUT2D eigenvalue weighted by atomic mass is 32.2. The van der Waals surface area contributed by atoms with E-state index in [2.05, 4.69) is 0 Å². The Hall–Kier alpha value is -1.44. The summed E-state index contributed by atoms with van der Waals surface area (Å²) in [7, 11) is 2.50. The third-order valence-electron chi connectivity index (χ3n) is 4.74. The van der Waals surface area contributed by atoms with Crippen LogP contribution >= 0.6 is 11.8 Å². The molecular formula is C14H22N2O5S. The molecule has 1 saturated carbocycles. The predicted octanol–water partition coefficient (Wildman–Crippen LogP) is 2.46. The van der Waals surface area contributed by atoms with Gasteiger partial charge in [0.25, 0.3) is 0 Å². The fraction of sp³-hybridized carbons (Fsp3) is 0.786. The Bertz CT molecular complexity index is 527. The Morgan fingerprint density at radius 1 is 1.05 bits per heavy atom. The lowest BCUT2D eigenvalue weighted by atomic mass is 9.50. The number of carbonyl (C=O) groups is 3. The van der Waals surface area contributed by atoms with Crippen LogP contribution in [0.5, 0.6) is 0 Å². The maximum absolute atomic E-state index is 12.5. The highest BCUT2D eigenvalue weighted by molar-refractivity contribution is 8.01. The van der Waals surface area contributed by atoms with Crippen molar-refractivity contribution < 1.29 is 23.9 Å². The summed E-state index contributed by atoms with van der Waals surface area (Å²) in [5.41, 5.74) is -1.63. The van der Waals surface area contributed by atoms with Crippen molar-refractivity contribution in [2.24, 2.45) is 10.8 Å². The van der Waals surface area contributed by atoms with Crippen LogP contribution in [0.4, 0.5) is 9.59 Å². The van der Waals surface area contributed by atoms with E-state index in [9.17, 15) is 14.4 Å². The van der Waals surface area contributed by atoms with E-state index in [1.54, 1.807) is 34.6 Å². The van der Waals surface area contributed by atoms with Crippen molar-refractivity contribution in [3.05, 3.63) is 0 Å². The lowest BCUT2D eigenvalue weighted by Crippen LogP contribution is -2.79. The van der Waals surface area contributed by atoms with Gasteiger partial charge in [-0.3, -0.25) is 4.79 Å². The number of thioether (sulfide) groups is 1. The molecule has 1 spiro atoms. The molecule has 7 nitrogen and oxygen atoms in total.